The highest BCUT2D eigenvalue weighted by atomic mass is 32.2. The average molecular weight is 416 g/mol. The summed E-state index contributed by atoms with van der Waals surface area (Å²) in [5, 5.41) is 7.12. The van der Waals surface area contributed by atoms with Gasteiger partial charge in [0.05, 0.1) is 6.04 Å². The SMILES string of the molecule is CC1(C=O)CC1N1N=C(c2cc(F)ccc2F)SC1(CCCN)c1ccccc1. The molecule has 1 aliphatic heterocycles. The smallest absolute Gasteiger partial charge is 0.134 e. The predicted octanol–water partition coefficient (Wildman–Crippen LogP) is 4.24. The van der Waals surface area contributed by atoms with Crippen molar-refractivity contribution >= 4 is 23.1 Å². The molecule has 0 amide bonds. The summed E-state index contributed by atoms with van der Waals surface area (Å²) in [4.78, 5) is 11.0. The minimum absolute atomic E-state index is 0.0976. The van der Waals surface area contributed by atoms with Crippen LogP contribution in [0.15, 0.2) is 53.6 Å². The molecule has 4 nitrogen and oxygen atoms in total. The summed E-state index contributed by atoms with van der Waals surface area (Å²) in [6, 6.07) is 13.2. The van der Waals surface area contributed by atoms with Gasteiger partial charge < -0.3 is 10.5 Å². The first-order chi connectivity index (χ1) is 13.9. The van der Waals surface area contributed by atoms with E-state index < -0.39 is 21.9 Å². The zero-order valence-electron chi connectivity index (χ0n) is 16.1. The van der Waals surface area contributed by atoms with Crippen LogP contribution in [0.1, 0.15) is 37.3 Å². The third kappa shape index (κ3) is 3.46. The number of hydrogen-bond acceptors (Lipinski definition) is 5. The van der Waals surface area contributed by atoms with Gasteiger partial charge in [-0.15, -0.1) is 0 Å². The molecular formula is C22H23F2N3OS. The van der Waals surface area contributed by atoms with Crippen LogP contribution in [0, 0.1) is 17.0 Å². The maximum Gasteiger partial charge on any atom is 0.134 e. The van der Waals surface area contributed by atoms with E-state index in [-0.39, 0.29) is 11.6 Å². The lowest BCUT2D eigenvalue weighted by Gasteiger charge is -2.38. The van der Waals surface area contributed by atoms with E-state index in [0.29, 0.717) is 24.4 Å². The van der Waals surface area contributed by atoms with Crippen molar-refractivity contribution in [3.63, 3.8) is 0 Å². The Morgan fingerprint density at radius 1 is 1.28 bits per heavy atom. The predicted molar refractivity (Wildman–Crippen MR) is 111 cm³/mol. The summed E-state index contributed by atoms with van der Waals surface area (Å²) in [6.07, 6.45) is 3.05. The fourth-order valence-electron chi connectivity index (χ4n) is 3.89. The molecule has 7 heteroatoms. The van der Waals surface area contributed by atoms with Crippen molar-refractivity contribution in [2.75, 3.05) is 6.54 Å². The molecule has 3 unspecified atom stereocenters. The molecule has 0 bridgehead atoms. The number of thioether (sulfide) groups is 1. The van der Waals surface area contributed by atoms with Crippen molar-refractivity contribution < 1.29 is 13.6 Å². The second-order valence-electron chi connectivity index (χ2n) is 7.86. The minimum Gasteiger partial charge on any atom is -0.330 e. The molecule has 1 fully saturated rings. The van der Waals surface area contributed by atoms with E-state index in [1.165, 1.54) is 17.8 Å². The highest BCUT2D eigenvalue weighted by molar-refractivity contribution is 8.15. The number of carbonyl (C=O) groups is 1. The number of hydrazone groups is 1. The monoisotopic (exact) mass is 415 g/mol. The van der Waals surface area contributed by atoms with Crippen molar-refractivity contribution in [3.05, 3.63) is 71.3 Å². The second kappa shape index (κ2) is 7.54. The highest BCUT2D eigenvalue weighted by Crippen LogP contribution is 2.59. The zero-order chi connectivity index (χ0) is 20.6. The van der Waals surface area contributed by atoms with Crippen molar-refractivity contribution in [1.82, 2.24) is 5.01 Å². The molecule has 0 saturated heterocycles. The largest absolute Gasteiger partial charge is 0.330 e. The first kappa shape index (κ1) is 20.0. The number of hydrogen-bond donors (Lipinski definition) is 1. The van der Waals surface area contributed by atoms with Crippen LogP contribution in [0.25, 0.3) is 0 Å². The van der Waals surface area contributed by atoms with Gasteiger partial charge in [0.2, 0.25) is 0 Å². The Kier molecular flexibility index (Phi) is 5.21. The number of benzene rings is 2. The van der Waals surface area contributed by atoms with Gasteiger partial charge in [0, 0.05) is 11.0 Å². The lowest BCUT2D eigenvalue weighted by atomic mass is 9.99. The quantitative estimate of drug-likeness (QED) is 0.687. The lowest BCUT2D eigenvalue weighted by molar-refractivity contribution is -0.112. The average Bonchev–Trinajstić information content (AvgIpc) is 3.27. The van der Waals surface area contributed by atoms with Crippen LogP contribution in [-0.2, 0) is 9.67 Å². The molecule has 2 aromatic carbocycles. The van der Waals surface area contributed by atoms with Gasteiger partial charge in [-0.1, -0.05) is 49.0 Å². The van der Waals surface area contributed by atoms with Crippen LogP contribution in [0.2, 0.25) is 0 Å². The fourth-order valence-corrected chi connectivity index (χ4v) is 5.37. The zero-order valence-corrected chi connectivity index (χ0v) is 17.0. The molecule has 3 atom stereocenters. The molecule has 1 heterocycles. The van der Waals surface area contributed by atoms with Gasteiger partial charge in [-0.3, -0.25) is 5.01 Å². The normalized spacial score (nSPS) is 28.3. The van der Waals surface area contributed by atoms with Crippen molar-refractivity contribution in [2.45, 2.75) is 37.1 Å². The molecule has 1 aliphatic carbocycles. The summed E-state index contributed by atoms with van der Waals surface area (Å²) in [6.45, 7) is 2.41. The molecule has 1 saturated carbocycles. The molecule has 2 N–H and O–H groups in total. The molecule has 2 aliphatic rings. The van der Waals surface area contributed by atoms with E-state index >= 15 is 0 Å². The van der Waals surface area contributed by atoms with Crippen LogP contribution in [0.4, 0.5) is 8.78 Å². The van der Waals surface area contributed by atoms with Gasteiger partial charge in [-0.2, -0.15) is 5.10 Å². The maximum atomic E-state index is 14.5. The fraction of sp³-hybridized carbons (Fsp3) is 0.364. The van der Waals surface area contributed by atoms with Crippen LogP contribution in [-0.4, -0.2) is 28.9 Å². The molecule has 152 valence electrons. The van der Waals surface area contributed by atoms with E-state index in [1.54, 1.807) is 0 Å². The van der Waals surface area contributed by atoms with Crippen LogP contribution in [0.3, 0.4) is 0 Å². The standard InChI is InChI=1S/C22H23F2N3OS/c1-21(14-28)13-19(21)27-22(10-5-11-25,15-6-3-2-4-7-15)29-20(26-27)17-12-16(23)8-9-18(17)24/h2-4,6-9,12,14,19H,5,10-11,13,25H2,1H3. The number of halogens is 2. The molecule has 0 radical (unpaired) electrons. The molecule has 4 rings (SSSR count). The van der Waals surface area contributed by atoms with E-state index in [4.69, 9.17) is 10.8 Å². The Hall–Kier alpha value is -2.25. The number of rotatable bonds is 7. The van der Waals surface area contributed by atoms with Crippen molar-refractivity contribution in [3.8, 4) is 0 Å². The summed E-state index contributed by atoms with van der Waals surface area (Å²) in [5.41, 5.74) is 6.47. The maximum absolute atomic E-state index is 14.5. The Bertz CT molecular complexity index is 954. The van der Waals surface area contributed by atoms with Gasteiger partial charge >= 0.3 is 0 Å². The molecule has 29 heavy (non-hydrogen) atoms. The van der Waals surface area contributed by atoms with Crippen LogP contribution >= 0.6 is 11.8 Å². The van der Waals surface area contributed by atoms with Gasteiger partial charge in [-0.05, 0) is 49.6 Å². The summed E-state index contributed by atoms with van der Waals surface area (Å²) in [7, 11) is 0. The number of nitrogens with zero attached hydrogens (tertiary/aromatic N) is 2. The van der Waals surface area contributed by atoms with Gasteiger partial charge in [0.15, 0.2) is 0 Å². The first-order valence-electron chi connectivity index (χ1n) is 9.68. The van der Waals surface area contributed by atoms with E-state index in [9.17, 15) is 13.6 Å². The number of aldehydes is 1. The van der Waals surface area contributed by atoms with E-state index in [1.807, 2.05) is 42.3 Å². The van der Waals surface area contributed by atoms with Gasteiger partial charge in [0.25, 0.3) is 0 Å². The lowest BCUT2D eigenvalue weighted by Crippen LogP contribution is -2.41. The third-order valence-corrected chi connectivity index (χ3v) is 7.20. The molecular weight excluding hydrogens is 392 g/mol. The van der Waals surface area contributed by atoms with E-state index in [0.717, 1.165) is 30.4 Å². The summed E-state index contributed by atoms with van der Waals surface area (Å²) >= 11 is 1.41. The summed E-state index contributed by atoms with van der Waals surface area (Å²) < 4.78 is 28.4. The minimum atomic E-state index is -0.625. The first-order valence-corrected chi connectivity index (χ1v) is 10.5. The molecule has 2 aromatic rings. The Balaban J connectivity index is 1.83. The molecule has 0 aromatic heterocycles. The Morgan fingerprint density at radius 2 is 2.03 bits per heavy atom. The number of carbonyl (C=O) groups excluding carboxylic acids is 1. The highest BCUT2D eigenvalue weighted by Gasteiger charge is 2.61. The Labute approximate surface area is 173 Å². The molecule has 0 spiro atoms. The summed E-state index contributed by atoms with van der Waals surface area (Å²) in [5.74, 6) is -1.03. The van der Waals surface area contributed by atoms with Gasteiger partial charge in [0.1, 0.15) is 27.8 Å². The second-order valence-corrected chi connectivity index (χ2v) is 9.13. The Morgan fingerprint density at radius 3 is 2.69 bits per heavy atom. The third-order valence-electron chi connectivity index (χ3n) is 5.74. The topological polar surface area (TPSA) is 58.7 Å². The van der Waals surface area contributed by atoms with Crippen LogP contribution < -0.4 is 5.73 Å². The van der Waals surface area contributed by atoms with Gasteiger partial charge in [-0.25, -0.2) is 8.78 Å². The van der Waals surface area contributed by atoms with E-state index in [2.05, 4.69) is 0 Å². The number of nitrogens with two attached hydrogens (primary N) is 1. The van der Waals surface area contributed by atoms with Crippen molar-refractivity contribution in [2.24, 2.45) is 16.3 Å². The van der Waals surface area contributed by atoms with Crippen molar-refractivity contribution in [1.29, 1.82) is 0 Å². The van der Waals surface area contributed by atoms with Crippen LogP contribution in [0.5, 0.6) is 0 Å².